The molecule has 1 heterocycles. The largest absolute Gasteiger partial charge is 0.491 e. The number of ether oxygens (including phenoxy) is 2. The molecule has 0 saturated heterocycles. The summed E-state index contributed by atoms with van der Waals surface area (Å²) in [6.45, 7) is 9.78. The first-order valence-electron chi connectivity index (χ1n) is 7.70. The van der Waals surface area contributed by atoms with Crippen LogP contribution >= 0.6 is 11.3 Å². The van der Waals surface area contributed by atoms with Crippen molar-refractivity contribution in [3.8, 4) is 17.0 Å². The maximum atomic E-state index is 5.82. The summed E-state index contributed by atoms with van der Waals surface area (Å²) in [5, 5.41) is 1.12. The Bertz CT molecular complexity index is 620. The Morgan fingerprint density at radius 2 is 1.95 bits per heavy atom. The lowest BCUT2D eigenvalue weighted by Gasteiger charge is -2.11. The standard InChI is InChI=1S/C18H25NO2S/c1-12(2)10-17-18(19-14(4)22-17)15-7-6-13(3)16(11-15)21-9-8-20-5/h6-7,11-12H,8-10H2,1-5H3. The third kappa shape index (κ3) is 4.31. The first-order valence-corrected chi connectivity index (χ1v) is 8.52. The molecule has 0 bridgehead atoms. The summed E-state index contributed by atoms with van der Waals surface area (Å²) in [6, 6.07) is 6.34. The van der Waals surface area contributed by atoms with E-state index >= 15 is 0 Å². The Hall–Kier alpha value is -1.39. The molecule has 0 aliphatic heterocycles. The van der Waals surface area contributed by atoms with Gasteiger partial charge in [0, 0.05) is 17.6 Å². The summed E-state index contributed by atoms with van der Waals surface area (Å²) in [7, 11) is 1.68. The van der Waals surface area contributed by atoms with Crippen LogP contribution in [0.2, 0.25) is 0 Å². The predicted octanol–water partition coefficient (Wildman–Crippen LogP) is 4.65. The number of aromatic nitrogens is 1. The van der Waals surface area contributed by atoms with Crippen LogP contribution in [-0.2, 0) is 11.2 Å². The van der Waals surface area contributed by atoms with Crippen molar-refractivity contribution < 1.29 is 9.47 Å². The highest BCUT2D eigenvalue weighted by molar-refractivity contribution is 7.12. The predicted molar refractivity (Wildman–Crippen MR) is 92.9 cm³/mol. The van der Waals surface area contributed by atoms with Gasteiger partial charge in [-0.05, 0) is 37.8 Å². The third-order valence-corrected chi connectivity index (χ3v) is 4.40. The molecule has 22 heavy (non-hydrogen) atoms. The van der Waals surface area contributed by atoms with E-state index in [9.17, 15) is 0 Å². The Morgan fingerprint density at radius 1 is 1.18 bits per heavy atom. The maximum Gasteiger partial charge on any atom is 0.123 e. The molecule has 0 N–H and O–H groups in total. The fraction of sp³-hybridized carbons (Fsp3) is 0.500. The molecular weight excluding hydrogens is 294 g/mol. The van der Waals surface area contributed by atoms with E-state index in [0.29, 0.717) is 19.1 Å². The average molecular weight is 319 g/mol. The van der Waals surface area contributed by atoms with Gasteiger partial charge in [0.05, 0.1) is 17.3 Å². The molecule has 120 valence electrons. The van der Waals surface area contributed by atoms with Crippen molar-refractivity contribution in [2.45, 2.75) is 34.1 Å². The number of thiazole rings is 1. The van der Waals surface area contributed by atoms with Crippen molar-refractivity contribution in [3.63, 3.8) is 0 Å². The number of hydrogen-bond acceptors (Lipinski definition) is 4. The second-order valence-corrected chi connectivity index (χ2v) is 7.21. The zero-order valence-electron chi connectivity index (χ0n) is 14.1. The lowest BCUT2D eigenvalue weighted by atomic mass is 10.0. The van der Waals surface area contributed by atoms with Crippen LogP contribution in [0.1, 0.15) is 29.3 Å². The van der Waals surface area contributed by atoms with Gasteiger partial charge in [0.15, 0.2) is 0 Å². The minimum atomic E-state index is 0.565. The van der Waals surface area contributed by atoms with E-state index < -0.39 is 0 Å². The van der Waals surface area contributed by atoms with Crippen LogP contribution in [-0.4, -0.2) is 25.3 Å². The highest BCUT2D eigenvalue weighted by atomic mass is 32.1. The Labute approximate surface area is 137 Å². The Kier molecular flexibility index (Phi) is 5.98. The molecule has 1 aromatic heterocycles. The zero-order chi connectivity index (χ0) is 16.1. The molecule has 4 heteroatoms. The molecule has 1 aromatic carbocycles. The van der Waals surface area contributed by atoms with Crippen LogP contribution in [0.25, 0.3) is 11.3 Å². The first-order chi connectivity index (χ1) is 10.5. The average Bonchev–Trinajstić information content (AvgIpc) is 2.81. The summed E-state index contributed by atoms with van der Waals surface area (Å²) >= 11 is 1.80. The van der Waals surface area contributed by atoms with Gasteiger partial charge >= 0.3 is 0 Å². The van der Waals surface area contributed by atoms with Crippen molar-refractivity contribution in [2.75, 3.05) is 20.3 Å². The van der Waals surface area contributed by atoms with Crippen LogP contribution < -0.4 is 4.74 Å². The minimum Gasteiger partial charge on any atom is -0.491 e. The van der Waals surface area contributed by atoms with Crippen LogP contribution in [0, 0.1) is 19.8 Å². The summed E-state index contributed by atoms with van der Waals surface area (Å²) in [5.41, 5.74) is 3.38. The van der Waals surface area contributed by atoms with Gasteiger partial charge in [0.2, 0.25) is 0 Å². The topological polar surface area (TPSA) is 31.4 Å². The molecule has 2 aromatic rings. The lowest BCUT2D eigenvalue weighted by Crippen LogP contribution is -2.05. The summed E-state index contributed by atoms with van der Waals surface area (Å²) in [4.78, 5) is 6.10. The molecule has 3 nitrogen and oxygen atoms in total. The van der Waals surface area contributed by atoms with Crippen LogP contribution in [0.3, 0.4) is 0 Å². The highest BCUT2D eigenvalue weighted by Crippen LogP contribution is 2.33. The molecule has 0 saturated carbocycles. The molecule has 0 amide bonds. The first kappa shape index (κ1) is 17.0. The van der Waals surface area contributed by atoms with E-state index in [2.05, 4.69) is 45.9 Å². The van der Waals surface area contributed by atoms with Crippen molar-refractivity contribution in [2.24, 2.45) is 5.92 Å². The van der Waals surface area contributed by atoms with Crippen molar-refractivity contribution in [3.05, 3.63) is 33.6 Å². The number of aryl methyl sites for hydroxylation is 2. The third-order valence-electron chi connectivity index (χ3n) is 3.40. The zero-order valence-corrected chi connectivity index (χ0v) is 14.9. The molecule has 0 aliphatic rings. The lowest BCUT2D eigenvalue weighted by molar-refractivity contribution is 0.146. The number of rotatable bonds is 7. The Balaban J connectivity index is 2.30. The van der Waals surface area contributed by atoms with Gasteiger partial charge in [-0.2, -0.15) is 0 Å². The quantitative estimate of drug-likeness (QED) is 0.696. The molecule has 0 aliphatic carbocycles. The van der Waals surface area contributed by atoms with Crippen LogP contribution in [0.4, 0.5) is 0 Å². The van der Waals surface area contributed by atoms with Gasteiger partial charge in [-0.15, -0.1) is 11.3 Å². The van der Waals surface area contributed by atoms with E-state index in [4.69, 9.17) is 14.5 Å². The molecule has 0 unspecified atom stereocenters. The molecule has 0 spiro atoms. The van der Waals surface area contributed by atoms with Gasteiger partial charge < -0.3 is 9.47 Å². The minimum absolute atomic E-state index is 0.565. The van der Waals surface area contributed by atoms with Gasteiger partial charge in [-0.25, -0.2) is 4.98 Å². The maximum absolute atomic E-state index is 5.82. The molecule has 0 fully saturated rings. The van der Waals surface area contributed by atoms with Crippen molar-refractivity contribution in [1.29, 1.82) is 0 Å². The smallest absolute Gasteiger partial charge is 0.123 e. The van der Waals surface area contributed by atoms with E-state index in [1.54, 1.807) is 18.4 Å². The van der Waals surface area contributed by atoms with Crippen molar-refractivity contribution in [1.82, 2.24) is 4.98 Å². The SMILES string of the molecule is COCCOc1cc(-c2nc(C)sc2CC(C)C)ccc1C. The number of nitrogens with zero attached hydrogens (tertiary/aromatic N) is 1. The second-order valence-electron chi connectivity index (χ2n) is 5.92. The second kappa shape index (κ2) is 7.75. The Morgan fingerprint density at radius 3 is 2.64 bits per heavy atom. The van der Waals surface area contributed by atoms with Crippen LogP contribution in [0.15, 0.2) is 18.2 Å². The monoisotopic (exact) mass is 319 g/mol. The van der Waals surface area contributed by atoms with Crippen LogP contribution in [0.5, 0.6) is 5.75 Å². The molecular formula is C18H25NO2S. The number of hydrogen-bond donors (Lipinski definition) is 0. The molecule has 0 radical (unpaired) electrons. The van der Waals surface area contributed by atoms with Gasteiger partial charge in [0.1, 0.15) is 12.4 Å². The number of methoxy groups -OCH3 is 1. The van der Waals surface area contributed by atoms with E-state index in [0.717, 1.165) is 34.0 Å². The highest BCUT2D eigenvalue weighted by Gasteiger charge is 2.14. The fourth-order valence-electron chi connectivity index (χ4n) is 2.34. The number of benzene rings is 1. The van der Waals surface area contributed by atoms with E-state index in [-0.39, 0.29) is 0 Å². The van der Waals surface area contributed by atoms with Gasteiger partial charge in [-0.1, -0.05) is 26.0 Å². The van der Waals surface area contributed by atoms with E-state index in [1.807, 2.05) is 0 Å². The summed E-state index contributed by atoms with van der Waals surface area (Å²) in [5.74, 6) is 1.54. The van der Waals surface area contributed by atoms with E-state index in [1.165, 1.54) is 4.88 Å². The van der Waals surface area contributed by atoms with Crippen molar-refractivity contribution >= 4 is 11.3 Å². The summed E-state index contributed by atoms with van der Waals surface area (Å²) < 4.78 is 10.9. The summed E-state index contributed by atoms with van der Waals surface area (Å²) in [6.07, 6.45) is 1.06. The fourth-order valence-corrected chi connectivity index (χ4v) is 3.51. The normalized spacial score (nSPS) is 11.2. The molecule has 0 atom stereocenters. The van der Waals surface area contributed by atoms with Gasteiger partial charge in [0.25, 0.3) is 0 Å². The van der Waals surface area contributed by atoms with Gasteiger partial charge in [-0.3, -0.25) is 0 Å². The molecule has 2 rings (SSSR count).